The smallest absolute Gasteiger partial charge is 0.317 e. The van der Waals surface area contributed by atoms with Crippen LogP contribution in [0.2, 0.25) is 5.02 Å². The summed E-state index contributed by atoms with van der Waals surface area (Å²) in [5.41, 5.74) is 2.38. The molecule has 7 nitrogen and oxygen atoms in total. The van der Waals surface area contributed by atoms with E-state index in [9.17, 15) is 14.7 Å². The number of piperidine rings is 1. The fraction of sp³-hybridized carbons (Fsp3) is 0.417. The third-order valence-electron chi connectivity index (χ3n) is 5.49. The minimum Gasteiger partial charge on any atom is -0.506 e. The van der Waals surface area contributed by atoms with E-state index >= 15 is 0 Å². The second-order valence-corrected chi connectivity index (χ2v) is 8.64. The number of amides is 3. The van der Waals surface area contributed by atoms with E-state index in [2.05, 4.69) is 10.6 Å². The highest BCUT2D eigenvalue weighted by atomic mass is 35.5. The molecule has 1 aliphatic rings. The van der Waals surface area contributed by atoms with Gasteiger partial charge in [-0.05, 0) is 56.0 Å². The molecule has 0 atom stereocenters. The van der Waals surface area contributed by atoms with Gasteiger partial charge in [0.1, 0.15) is 5.75 Å². The van der Waals surface area contributed by atoms with E-state index < -0.39 is 0 Å². The molecule has 8 heteroatoms. The van der Waals surface area contributed by atoms with Crippen molar-refractivity contribution in [2.75, 3.05) is 18.4 Å². The quantitative estimate of drug-likeness (QED) is 0.530. The fourth-order valence-corrected chi connectivity index (χ4v) is 3.77. The number of phenolic OH excluding ortho intramolecular Hbond substituents is 1. The molecule has 172 valence electrons. The van der Waals surface area contributed by atoms with Gasteiger partial charge < -0.3 is 25.4 Å². The molecular weight excluding hydrogens is 430 g/mol. The van der Waals surface area contributed by atoms with Crippen LogP contribution < -0.4 is 10.6 Å². The first-order chi connectivity index (χ1) is 15.3. The van der Waals surface area contributed by atoms with Gasteiger partial charge in [0, 0.05) is 30.6 Å². The summed E-state index contributed by atoms with van der Waals surface area (Å²) in [7, 11) is 0. The maximum absolute atomic E-state index is 12.6. The van der Waals surface area contributed by atoms with Gasteiger partial charge >= 0.3 is 6.03 Å². The monoisotopic (exact) mass is 459 g/mol. The second-order valence-electron chi connectivity index (χ2n) is 8.20. The van der Waals surface area contributed by atoms with Crippen LogP contribution >= 0.6 is 11.6 Å². The molecule has 1 heterocycles. The van der Waals surface area contributed by atoms with Crippen LogP contribution in [0.1, 0.15) is 37.8 Å². The molecular formula is C24H30ClN3O4. The number of nitrogens with zero attached hydrogens (tertiary/aromatic N) is 1. The number of likely N-dealkylation sites (tertiary alicyclic amines) is 1. The lowest BCUT2D eigenvalue weighted by molar-refractivity contribution is -0.121. The number of rotatable bonds is 7. The van der Waals surface area contributed by atoms with Crippen LogP contribution in [0.25, 0.3) is 0 Å². The molecule has 3 rings (SSSR count). The lowest BCUT2D eigenvalue weighted by atomic mass is 9.96. The summed E-state index contributed by atoms with van der Waals surface area (Å²) in [6, 6.07) is 12.3. The highest BCUT2D eigenvalue weighted by Crippen LogP contribution is 2.28. The minimum atomic E-state index is -0.230. The van der Waals surface area contributed by atoms with Crippen LogP contribution in [0, 0.1) is 5.92 Å². The number of aromatic hydroxyl groups is 1. The number of ether oxygens (including phenoxy) is 1. The number of hydrogen-bond acceptors (Lipinski definition) is 4. The Hall–Kier alpha value is -2.77. The summed E-state index contributed by atoms with van der Waals surface area (Å²) in [4.78, 5) is 26.9. The van der Waals surface area contributed by atoms with Gasteiger partial charge in [0.25, 0.3) is 0 Å². The summed E-state index contributed by atoms with van der Waals surface area (Å²) in [5.74, 6) is -0.438. The van der Waals surface area contributed by atoms with Crippen LogP contribution in [0.5, 0.6) is 5.75 Å². The van der Waals surface area contributed by atoms with Gasteiger partial charge in [0.15, 0.2) is 0 Å². The van der Waals surface area contributed by atoms with Crippen molar-refractivity contribution >= 4 is 29.2 Å². The fourth-order valence-electron chi connectivity index (χ4n) is 3.60. The molecule has 0 spiro atoms. The molecule has 2 aromatic rings. The molecule has 1 saturated heterocycles. The van der Waals surface area contributed by atoms with E-state index in [1.807, 2.05) is 38.1 Å². The van der Waals surface area contributed by atoms with Gasteiger partial charge in [-0.3, -0.25) is 4.79 Å². The maximum Gasteiger partial charge on any atom is 0.317 e. The third kappa shape index (κ3) is 6.61. The number of halogens is 1. The number of phenols is 1. The Labute approximate surface area is 193 Å². The molecule has 0 radical (unpaired) electrons. The van der Waals surface area contributed by atoms with Crippen molar-refractivity contribution in [2.45, 2.75) is 45.9 Å². The van der Waals surface area contributed by atoms with Crippen LogP contribution in [0.4, 0.5) is 10.5 Å². The van der Waals surface area contributed by atoms with Crippen LogP contribution in [-0.2, 0) is 22.7 Å². The van der Waals surface area contributed by atoms with Gasteiger partial charge in [-0.1, -0.05) is 35.9 Å². The summed E-state index contributed by atoms with van der Waals surface area (Å²) < 4.78 is 5.70. The molecule has 0 aromatic heterocycles. The van der Waals surface area contributed by atoms with Crippen molar-refractivity contribution in [3.05, 3.63) is 58.6 Å². The van der Waals surface area contributed by atoms with Crippen molar-refractivity contribution in [3.8, 4) is 5.75 Å². The van der Waals surface area contributed by atoms with Crippen molar-refractivity contribution < 1.29 is 19.4 Å². The van der Waals surface area contributed by atoms with Crippen molar-refractivity contribution in [3.63, 3.8) is 0 Å². The van der Waals surface area contributed by atoms with Crippen LogP contribution in [0.3, 0.4) is 0 Å². The van der Waals surface area contributed by atoms with Crippen molar-refractivity contribution in [1.29, 1.82) is 0 Å². The number of benzene rings is 2. The van der Waals surface area contributed by atoms with Gasteiger partial charge in [-0.15, -0.1) is 0 Å². The average Bonchev–Trinajstić information content (AvgIpc) is 2.79. The first-order valence-electron chi connectivity index (χ1n) is 10.8. The zero-order valence-corrected chi connectivity index (χ0v) is 19.2. The highest BCUT2D eigenvalue weighted by Gasteiger charge is 2.27. The first-order valence-corrected chi connectivity index (χ1v) is 11.2. The van der Waals surface area contributed by atoms with E-state index in [1.54, 1.807) is 11.0 Å². The summed E-state index contributed by atoms with van der Waals surface area (Å²) in [6.45, 7) is 5.89. The Morgan fingerprint density at radius 3 is 2.53 bits per heavy atom. The summed E-state index contributed by atoms with van der Waals surface area (Å²) >= 11 is 5.93. The van der Waals surface area contributed by atoms with Crippen LogP contribution in [0.15, 0.2) is 42.5 Å². The number of carbonyl (C=O) groups is 2. The van der Waals surface area contributed by atoms with Crippen molar-refractivity contribution in [1.82, 2.24) is 10.2 Å². The molecule has 1 fully saturated rings. The molecule has 0 aliphatic carbocycles. The summed E-state index contributed by atoms with van der Waals surface area (Å²) in [6.07, 6.45) is 1.25. The molecule has 0 unspecified atom stereocenters. The molecule has 3 N–H and O–H groups in total. The zero-order chi connectivity index (χ0) is 23.1. The van der Waals surface area contributed by atoms with E-state index in [0.29, 0.717) is 49.8 Å². The van der Waals surface area contributed by atoms with E-state index in [0.717, 1.165) is 11.1 Å². The molecule has 1 aliphatic heterocycles. The average molecular weight is 460 g/mol. The third-order valence-corrected chi connectivity index (χ3v) is 5.73. The predicted molar refractivity (Wildman–Crippen MR) is 125 cm³/mol. The van der Waals surface area contributed by atoms with Crippen molar-refractivity contribution in [2.24, 2.45) is 5.92 Å². The largest absolute Gasteiger partial charge is 0.506 e. The highest BCUT2D eigenvalue weighted by molar-refractivity contribution is 6.31. The minimum absolute atomic E-state index is 0.0290. The Bertz CT molecular complexity index is 943. The SMILES string of the molecule is CC(C)OCc1ccccc1CNC(=O)N1CCC(C(=O)Nc2cc(Cl)ccc2O)CC1. The maximum atomic E-state index is 12.6. The van der Waals surface area contributed by atoms with E-state index in [4.69, 9.17) is 16.3 Å². The lowest BCUT2D eigenvalue weighted by Gasteiger charge is -2.31. The van der Waals surface area contributed by atoms with Gasteiger partial charge in [-0.25, -0.2) is 4.79 Å². The zero-order valence-electron chi connectivity index (χ0n) is 18.4. The predicted octanol–water partition coefficient (Wildman–Crippen LogP) is 4.53. The van der Waals surface area contributed by atoms with E-state index in [1.165, 1.54) is 12.1 Å². The second kappa shape index (κ2) is 11.2. The first kappa shape index (κ1) is 23.9. The number of urea groups is 1. The molecule has 2 aromatic carbocycles. The molecule has 0 bridgehead atoms. The lowest BCUT2D eigenvalue weighted by Crippen LogP contribution is -2.46. The normalized spacial score (nSPS) is 14.4. The topological polar surface area (TPSA) is 90.9 Å². The Kier molecular flexibility index (Phi) is 8.36. The number of anilines is 1. The number of carbonyl (C=O) groups excluding carboxylic acids is 2. The molecule has 0 saturated carbocycles. The van der Waals surface area contributed by atoms with E-state index in [-0.39, 0.29) is 29.7 Å². The number of hydrogen-bond donors (Lipinski definition) is 3. The molecule has 3 amide bonds. The van der Waals surface area contributed by atoms with Gasteiger partial charge in [0.2, 0.25) is 5.91 Å². The number of nitrogens with one attached hydrogen (secondary N) is 2. The molecule has 32 heavy (non-hydrogen) atoms. The standard InChI is InChI=1S/C24H30ClN3O4/c1-16(2)32-15-19-6-4-3-5-18(19)14-26-24(31)28-11-9-17(10-12-28)23(30)27-21-13-20(25)7-8-22(21)29/h3-8,13,16-17,29H,9-12,14-15H2,1-2H3,(H,26,31)(H,27,30). The Morgan fingerprint density at radius 1 is 1.16 bits per heavy atom. The Balaban J connectivity index is 1.47. The van der Waals surface area contributed by atoms with Gasteiger partial charge in [-0.2, -0.15) is 0 Å². The van der Waals surface area contributed by atoms with Crippen LogP contribution in [-0.4, -0.2) is 41.1 Å². The van der Waals surface area contributed by atoms with Gasteiger partial charge in [0.05, 0.1) is 18.4 Å². The summed E-state index contributed by atoms with van der Waals surface area (Å²) in [5, 5.41) is 16.0. The Morgan fingerprint density at radius 2 is 1.84 bits per heavy atom.